The third kappa shape index (κ3) is 3.90. The van der Waals surface area contributed by atoms with Crippen LogP contribution in [0.5, 0.6) is 0 Å². The first-order valence-corrected chi connectivity index (χ1v) is 7.52. The van der Waals surface area contributed by atoms with Crippen molar-refractivity contribution < 1.29 is 0 Å². The van der Waals surface area contributed by atoms with Crippen LogP contribution in [0, 0.1) is 17.2 Å². The number of aromatic nitrogens is 1. The lowest BCUT2D eigenvalue weighted by atomic mass is 10.1. The van der Waals surface area contributed by atoms with Gasteiger partial charge in [-0.3, -0.25) is 0 Å². The summed E-state index contributed by atoms with van der Waals surface area (Å²) < 4.78 is 0. The van der Waals surface area contributed by atoms with E-state index in [-0.39, 0.29) is 0 Å². The Hall–Kier alpha value is -1.66. The molecule has 0 spiro atoms. The first-order valence-electron chi connectivity index (χ1n) is 6.64. The van der Waals surface area contributed by atoms with E-state index in [4.69, 9.17) is 5.26 Å². The van der Waals surface area contributed by atoms with Gasteiger partial charge in [0.25, 0.3) is 0 Å². The Morgan fingerprint density at radius 1 is 1.26 bits per heavy atom. The normalized spacial score (nSPS) is 10.6. The number of hydrogen-bond donors (Lipinski definition) is 0. The van der Waals surface area contributed by atoms with Gasteiger partial charge in [0.05, 0.1) is 22.3 Å². The second-order valence-electron chi connectivity index (χ2n) is 5.10. The lowest BCUT2D eigenvalue weighted by Crippen LogP contribution is -1.90. The van der Waals surface area contributed by atoms with Crippen LogP contribution >= 0.6 is 11.3 Å². The van der Waals surface area contributed by atoms with E-state index in [1.165, 1.54) is 17.8 Å². The highest BCUT2D eigenvalue weighted by atomic mass is 32.1. The van der Waals surface area contributed by atoms with Gasteiger partial charge in [-0.2, -0.15) is 5.26 Å². The standard InChI is InChI=1S/C16H18N2S/c1-12(2)4-3-5-16-18-15(11-19-16)14-8-6-13(10-17)7-9-14/h6-9,11-12H,3-5H2,1-2H3. The molecule has 0 saturated heterocycles. The average molecular weight is 270 g/mol. The lowest BCUT2D eigenvalue weighted by molar-refractivity contribution is 0.555. The quantitative estimate of drug-likeness (QED) is 0.792. The van der Waals surface area contributed by atoms with Crippen LogP contribution in [-0.4, -0.2) is 4.98 Å². The van der Waals surface area contributed by atoms with E-state index in [1.54, 1.807) is 11.3 Å². The molecule has 98 valence electrons. The molecule has 0 radical (unpaired) electrons. The van der Waals surface area contributed by atoms with Crippen molar-refractivity contribution in [3.05, 3.63) is 40.2 Å². The zero-order valence-electron chi connectivity index (χ0n) is 11.4. The topological polar surface area (TPSA) is 36.7 Å². The van der Waals surface area contributed by atoms with Gasteiger partial charge in [-0.1, -0.05) is 32.4 Å². The van der Waals surface area contributed by atoms with Crippen LogP contribution < -0.4 is 0 Å². The van der Waals surface area contributed by atoms with Crippen molar-refractivity contribution in [1.29, 1.82) is 5.26 Å². The van der Waals surface area contributed by atoms with Gasteiger partial charge in [-0.15, -0.1) is 11.3 Å². The molecule has 0 unspecified atom stereocenters. The van der Waals surface area contributed by atoms with Crippen LogP contribution in [0.15, 0.2) is 29.6 Å². The second kappa shape index (κ2) is 6.49. The number of hydrogen-bond acceptors (Lipinski definition) is 3. The molecule has 3 heteroatoms. The molecule has 0 amide bonds. The van der Waals surface area contributed by atoms with E-state index in [2.05, 4.69) is 30.3 Å². The fourth-order valence-electron chi connectivity index (χ4n) is 1.94. The summed E-state index contributed by atoms with van der Waals surface area (Å²) in [5.41, 5.74) is 2.80. The number of thiazole rings is 1. The Balaban J connectivity index is 2.01. The molecule has 2 nitrogen and oxygen atoms in total. The Morgan fingerprint density at radius 3 is 2.63 bits per heavy atom. The largest absolute Gasteiger partial charge is 0.241 e. The van der Waals surface area contributed by atoms with Crippen molar-refractivity contribution in [1.82, 2.24) is 4.98 Å². The predicted octanol–water partition coefficient (Wildman–Crippen LogP) is 4.66. The van der Waals surface area contributed by atoms with Crippen molar-refractivity contribution in [3.8, 4) is 17.3 Å². The van der Waals surface area contributed by atoms with Crippen LogP contribution in [0.25, 0.3) is 11.3 Å². The minimum atomic E-state index is 0.691. The zero-order valence-corrected chi connectivity index (χ0v) is 12.2. The molecule has 0 aliphatic heterocycles. The molecule has 1 aromatic carbocycles. The van der Waals surface area contributed by atoms with Crippen molar-refractivity contribution in [2.45, 2.75) is 33.1 Å². The molecule has 0 bridgehead atoms. The highest BCUT2D eigenvalue weighted by molar-refractivity contribution is 7.09. The molecule has 0 aliphatic rings. The van der Waals surface area contributed by atoms with E-state index in [9.17, 15) is 0 Å². The van der Waals surface area contributed by atoms with Gasteiger partial charge in [-0.05, 0) is 30.9 Å². The van der Waals surface area contributed by atoms with Gasteiger partial charge in [0.15, 0.2) is 0 Å². The summed E-state index contributed by atoms with van der Waals surface area (Å²) in [7, 11) is 0. The fourth-order valence-corrected chi connectivity index (χ4v) is 2.79. The van der Waals surface area contributed by atoms with Gasteiger partial charge in [0.2, 0.25) is 0 Å². The number of aryl methyl sites for hydroxylation is 1. The SMILES string of the molecule is CC(C)CCCc1nc(-c2ccc(C#N)cc2)cs1. The fraction of sp³-hybridized carbons (Fsp3) is 0.375. The molecule has 1 heterocycles. The molecule has 0 atom stereocenters. The van der Waals surface area contributed by atoms with Crippen LogP contribution in [0.4, 0.5) is 0 Å². The number of nitrogens with zero attached hydrogens (tertiary/aromatic N) is 2. The summed E-state index contributed by atoms with van der Waals surface area (Å²) in [4.78, 5) is 4.67. The summed E-state index contributed by atoms with van der Waals surface area (Å²) in [6, 6.07) is 9.74. The maximum atomic E-state index is 8.78. The van der Waals surface area contributed by atoms with Gasteiger partial charge in [0, 0.05) is 10.9 Å². The van der Waals surface area contributed by atoms with Crippen molar-refractivity contribution in [2.75, 3.05) is 0 Å². The Kier molecular flexibility index (Phi) is 4.70. The highest BCUT2D eigenvalue weighted by Gasteiger charge is 2.05. The maximum Gasteiger partial charge on any atom is 0.0991 e. The number of benzene rings is 1. The maximum absolute atomic E-state index is 8.78. The molecule has 2 rings (SSSR count). The van der Waals surface area contributed by atoms with Gasteiger partial charge >= 0.3 is 0 Å². The molecular formula is C16H18N2S. The molecule has 0 aliphatic carbocycles. The minimum Gasteiger partial charge on any atom is -0.241 e. The van der Waals surface area contributed by atoms with E-state index >= 15 is 0 Å². The van der Waals surface area contributed by atoms with Crippen LogP contribution in [0.2, 0.25) is 0 Å². The van der Waals surface area contributed by atoms with Crippen molar-refractivity contribution in [2.24, 2.45) is 5.92 Å². The summed E-state index contributed by atoms with van der Waals surface area (Å²) in [5, 5.41) is 12.1. The first-order chi connectivity index (χ1) is 9.19. The summed E-state index contributed by atoms with van der Waals surface area (Å²) in [6.07, 6.45) is 3.53. The summed E-state index contributed by atoms with van der Waals surface area (Å²) >= 11 is 1.73. The van der Waals surface area contributed by atoms with Crippen LogP contribution in [0.3, 0.4) is 0 Å². The van der Waals surface area contributed by atoms with E-state index in [0.717, 1.165) is 23.6 Å². The number of rotatable bonds is 5. The van der Waals surface area contributed by atoms with Crippen molar-refractivity contribution in [3.63, 3.8) is 0 Å². The smallest absolute Gasteiger partial charge is 0.0991 e. The Labute approximate surface area is 118 Å². The van der Waals surface area contributed by atoms with E-state index in [0.29, 0.717) is 5.56 Å². The first kappa shape index (κ1) is 13.8. The highest BCUT2D eigenvalue weighted by Crippen LogP contribution is 2.23. The van der Waals surface area contributed by atoms with Crippen LogP contribution in [-0.2, 0) is 6.42 Å². The number of nitriles is 1. The van der Waals surface area contributed by atoms with Gasteiger partial charge in [-0.25, -0.2) is 4.98 Å². The molecule has 2 aromatic rings. The average Bonchev–Trinajstić information content (AvgIpc) is 2.87. The second-order valence-corrected chi connectivity index (χ2v) is 6.04. The minimum absolute atomic E-state index is 0.691. The van der Waals surface area contributed by atoms with Gasteiger partial charge in [0.1, 0.15) is 0 Å². The molecule has 19 heavy (non-hydrogen) atoms. The molecule has 0 saturated carbocycles. The van der Waals surface area contributed by atoms with Gasteiger partial charge < -0.3 is 0 Å². The molecule has 1 aromatic heterocycles. The molecule has 0 N–H and O–H groups in total. The van der Waals surface area contributed by atoms with Crippen LogP contribution in [0.1, 0.15) is 37.3 Å². The van der Waals surface area contributed by atoms with E-state index in [1.807, 2.05) is 24.3 Å². The zero-order chi connectivity index (χ0) is 13.7. The predicted molar refractivity (Wildman–Crippen MR) is 80.0 cm³/mol. The summed E-state index contributed by atoms with van der Waals surface area (Å²) in [5.74, 6) is 0.762. The molecular weight excluding hydrogens is 252 g/mol. The van der Waals surface area contributed by atoms with E-state index < -0.39 is 0 Å². The third-order valence-electron chi connectivity index (χ3n) is 3.03. The molecule has 0 fully saturated rings. The third-order valence-corrected chi connectivity index (χ3v) is 3.94. The monoisotopic (exact) mass is 270 g/mol. The van der Waals surface area contributed by atoms with Crippen molar-refractivity contribution >= 4 is 11.3 Å². The lowest BCUT2D eigenvalue weighted by Gasteiger charge is -2.01. The Bertz CT molecular complexity index is 561. The summed E-state index contributed by atoms with van der Waals surface area (Å²) in [6.45, 7) is 4.51. The Morgan fingerprint density at radius 2 is 2.00 bits per heavy atom.